The molecule has 0 saturated heterocycles. The Bertz CT molecular complexity index is 549. The van der Waals surface area contributed by atoms with E-state index in [1.807, 2.05) is 24.3 Å². The van der Waals surface area contributed by atoms with Crippen LogP contribution in [0.5, 0.6) is 11.5 Å². The molecule has 0 saturated carbocycles. The van der Waals surface area contributed by atoms with Gasteiger partial charge < -0.3 is 14.8 Å². The van der Waals surface area contributed by atoms with Gasteiger partial charge in [-0.15, -0.1) is 0 Å². The Labute approximate surface area is 139 Å². The molecule has 0 heterocycles. The van der Waals surface area contributed by atoms with E-state index >= 15 is 0 Å². The lowest BCUT2D eigenvalue weighted by molar-refractivity contribution is 0.309. The van der Waals surface area contributed by atoms with Crippen LogP contribution in [0.25, 0.3) is 0 Å². The summed E-state index contributed by atoms with van der Waals surface area (Å²) in [4.78, 5) is 0. The normalized spacial score (nSPS) is 10.3. The van der Waals surface area contributed by atoms with E-state index in [-0.39, 0.29) is 0 Å². The molecule has 0 radical (unpaired) electrons. The second kappa shape index (κ2) is 9.78. The first-order valence-electron chi connectivity index (χ1n) is 8.50. The van der Waals surface area contributed by atoms with Gasteiger partial charge in [-0.1, -0.05) is 32.4 Å². The molecule has 3 nitrogen and oxygen atoms in total. The van der Waals surface area contributed by atoms with Gasteiger partial charge in [0.05, 0.1) is 13.2 Å². The van der Waals surface area contributed by atoms with E-state index in [9.17, 15) is 0 Å². The number of hydrogen-bond donors (Lipinski definition) is 1. The summed E-state index contributed by atoms with van der Waals surface area (Å²) >= 11 is 0. The molecule has 0 aliphatic carbocycles. The third-order valence-electron chi connectivity index (χ3n) is 3.51. The largest absolute Gasteiger partial charge is 0.494 e. The van der Waals surface area contributed by atoms with E-state index in [1.165, 1.54) is 5.56 Å². The average Bonchev–Trinajstić information content (AvgIpc) is 2.60. The van der Waals surface area contributed by atoms with Gasteiger partial charge in [0.1, 0.15) is 11.5 Å². The Morgan fingerprint density at radius 1 is 0.739 bits per heavy atom. The minimum absolute atomic E-state index is 0.768. The number of anilines is 1. The van der Waals surface area contributed by atoms with Crippen molar-refractivity contribution < 1.29 is 9.47 Å². The number of rotatable bonds is 10. The number of hydrogen-bond acceptors (Lipinski definition) is 3. The van der Waals surface area contributed by atoms with Crippen molar-refractivity contribution in [2.24, 2.45) is 0 Å². The zero-order valence-electron chi connectivity index (χ0n) is 14.2. The molecule has 0 atom stereocenters. The molecule has 0 aromatic heterocycles. The summed E-state index contributed by atoms with van der Waals surface area (Å²) in [6.45, 7) is 6.63. The molecule has 0 bridgehead atoms. The van der Waals surface area contributed by atoms with E-state index in [1.54, 1.807) is 0 Å². The van der Waals surface area contributed by atoms with Crippen molar-refractivity contribution in [2.45, 2.75) is 39.7 Å². The fourth-order valence-corrected chi connectivity index (χ4v) is 2.13. The molecule has 0 amide bonds. The van der Waals surface area contributed by atoms with E-state index in [4.69, 9.17) is 9.47 Å². The maximum Gasteiger partial charge on any atom is 0.119 e. The minimum Gasteiger partial charge on any atom is -0.494 e. The number of unbranched alkanes of at least 4 members (excludes halogenated alkanes) is 1. The van der Waals surface area contributed by atoms with Gasteiger partial charge in [-0.3, -0.25) is 0 Å². The predicted molar refractivity (Wildman–Crippen MR) is 96.4 cm³/mol. The molecular weight excluding hydrogens is 286 g/mol. The quantitative estimate of drug-likeness (QED) is 0.606. The van der Waals surface area contributed by atoms with Gasteiger partial charge in [-0.25, -0.2) is 0 Å². The van der Waals surface area contributed by atoms with E-state index in [0.717, 1.165) is 56.2 Å². The van der Waals surface area contributed by atoms with Crippen LogP contribution in [0.4, 0.5) is 5.69 Å². The maximum absolute atomic E-state index is 5.67. The molecule has 0 fully saturated rings. The lowest BCUT2D eigenvalue weighted by Crippen LogP contribution is -2.00. The topological polar surface area (TPSA) is 30.5 Å². The van der Waals surface area contributed by atoms with E-state index in [2.05, 4.69) is 43.4 Å². The van der Waals surface area contributed by atoms with E-state index < -0.39 is 0 Å². The standard InChI is InChI=1S/C20H27NO2/c1-3-5-15-23-20-12-8-18(9-13-20)21-16-17-6-10-19(11-7-17)22-14-4-2/h6-13,21H,3-5,14-16H2,1-2H3. The van der Waals surface area contributed by atoms with Crippen molar-refractivity contribution in [2.75, 3.05) is 18.5 Å². The second-order valence-electron chi connectivity index (χ2n) is 5.57. The molecule has 23 heavy (non-hydrogen) atoms. The monoisotopic (exact) mass is 313 g/mol. The summed E-state index contributed by atoms with van der Waals surface area (Å²) in [7, 11) is 0. The Kier molecular flexibility index (Phi) is 7.31. The van der Waals surface area contributed by atoms with Crippen molar-refractivity contribution in [3.05, 3.63) is 54.1 Å². The van der Waals surface area contributed by atoms with Gasteiger partial charge in [0.2, 0.25) is 0 Å². The van der Waals surface area contributed by atoms with E-state index in [0.29, 0.717) is 0 Å². The Morgan fingerprint density at radius 2 is 1.35 bits per heavy atom. The highest BCUT2D eigenvalue weighted by Gasteiger charge is 1.98. The second-order valence-corrected chi connectivity index (χ2v) is 5.57. The summed E-state index contributed by atoms with van der Waals surface area (Å²) in [5.74, 6) is 1.87. The summed E-state index contributed by atoms with van der Waals surface area (Å²) in [6.07, 6.45) is 3.28. The molecule has 0 aliphatic rings. The Hall–Kier alpha value is -2.16. The molecule has 2 aromatic carbocycles. The van der Waals surface area contributed by atoms with Gasteiger partial charge >= 0.3 is 0 Å². The Balaban J connectivity index is 1.78. The average molecular weight is 313 g/mol. The van der Waals surface area contributed by atoms with Gasteiger partial charge in [-0.05, 0) is 54.8 Å². The zero-order chi connectivity index (χ0) is 16.3. The first-order valence-corrected chi connectivity index (χ1v) is 8.50. The first-order chi connectivity index (χ1) is 11.3. The highest BCUT2D eigenvalue weighted by atomic mass is 16.5. The molecule has 2 rings (SSSR count). The molecule has 3 heteroatoms. The smallest absolute Gasteiger partial charge is 0.119 e. The number of ether oxygens (including phenoxy) is 2. The maximum atomic E-state index is 5.67. The lowest BCUT2D eigenvalue weighted by Gasteiger charge is -2.10. The molecule has 0 aliphatic heterocycles. The molecule has 1 N–H and O–H groups in total. The number of benzene rings is 2. The summed E-state index contributed by atoms with van der Waals surface area (Å²) < 4.78 is 11.3. The van der Waals surface area contributed by atoms with Crippen LogP contribution < -0.4 is 14.8 Å². The Morgan fingerprint density at radius 3 is 1.96 bits per heavy atom. The van der Waals surface area contributed by atoms with Crippen molar-refractivity contribution in [3.8, 4) is 11.5 Å². The zero-order valence-corrected chi connectivity index (χ0v) is 14.2. The van der Waals surface area contributed by atoms with Gasteiger partial charge in [0.15, 0.2) is 0 Å². The van der Waals surface area contributed by atoms with Crippen LogP contribution in [0.15, 0.2) is 48.5 Å². The highest BCUT2D eigenvalue weighted by Crippen LogP contribution is 2.18. The molecular formula is C20H27NO2. The molecule has 0 spiro atoms. The summed E-state index contributed by atoms with van der Waals surface area (Å²) in [6, 6.07) is 16.4. The number of nitrogens with one attached hydrogen (secondary N) is 1. The van der Waals surface area contributed by atoms with Crippen LogP contribution >= 0.6 is 0 Å². The van der Waals surface area contributed by atoms with Crippen LogP contribution in [0.3, 0.4) is 0 Å². The van der Waals surface area contributed by atoms with Crippen molar-refractivity contribution in [3.63, 3.8) is 0 Å². The molecule has 124 valence electrons. The fraction of sp³-hybridized carbons (Fsp3) is 0.400. The predicted octanol–water partition coefficient (Wildman–Crippen LogP) is 5.27. The van der Waals surface area contributed by atoms with Crippen molar-refractivity contribution in [1.82, 2.24) is 0 Å². The third-order valence-corrected chi connectivity index (χ3v) is 3.51. The first kappa shape index (κ1) is 17.2. The van der Waals surface area contributed by atoms with Crippen LogP contribution in [-0.4, -0.2) is 13.2 Å². The van der Waals surface area contributed by atoms with Gasteiger partial charge in [0, 0.05) is 12.2 Å². The minimum atomic E-state index is 0.768. The van der Waals surface area contributed by atoms with Crippen molar-refractivity contribution >= 4 is 5.69 Å². The van der Waals surface area contributed by atoms with Crippen LogP contribution in [-0.2, 0) is 6.54 Å². The fourth-order valence-electron chi connectivity index (χ4n) is 2.13. The van der Waals surface area contributed by atoms with Crippen LogP contribution in [0.1, 0.15) is 38.7 Å². The highest BCUT2D eigenvalue weighted by molar-refractivity contribution is 5.47. The van der Waals surface area contributed by atoms with Crippen LogP contribution in [0, 0.1) is 0 Å². The molecule has 0 unspecified atom stereocenters. The third kappa shape index (κ3) is 6.23. The van der Waals surface area contributed by atoms with Crippen molar-refractivity contribution in [1.29, 1.82) is 0 Å². The van der Waals surface area contributed by atoms with Gasteiger partial charge in [0.25, 0.3) is 0 Å². The van der Waals surface area contributed by atoms with Crippen LogP contribution in [0.2, 0.25) is 0 Å². The summed E-state index contributed by atoms with van der Waals surface area (Å²) in [5.41, 5.74) is 2.33. The SMILES string of the molecule is CCCCOc1ccc(NCc2ccc(OCCC)cc2)cc1. The van der Waals surface area contributed by atoms with Gasteiger partial charge in [-0.2, -0.15) is 0 Å². The lowest BCUT2D eigenvalue weighted by atomic mass is 10.2. The summed E-state index contributed by atoms with van der Waals surface area (Å²) in [5, 5.41) is 3.42. The molecule has 2 aromatic rings.